The fourth-order valence-electron chi connectivity index (χ4n) is 2.83. The first-order valence-electron chi connectivity index (χ1n) is 5.74. The summed E-state index contributed by atoms with van der Waals surface area (Å²) in [6.45, 7) is 1.85. The number of aliphatic imine (C=N–C) groups is 1. The highest BCUT2D eigenvalue weighted by Gasteiger charge is 2.48. The van der Waals surface area contributed by atoms with Crippen LogP contribution in [0.4, 0.5) is 5.69 Å². The van der Waals surface area contributed by atoms with Gasteiger partial charge in [-0.05, 0) is 25.3 Å². The van der Waals surface area contributed by atoms with Crippen LogP contribution < -0.4 is 0 Å². The molecule has 1 saturated carbocycles. The SMILES string of the molecule is CC1=Nc2ccccc2[C@]2(CCC[C@H]2O)O1. The monoisotopic (exact) mass is 217 g/mol. The molecule has 1 aromatic rings. The van der Waals surface area contributed by atoms with Crippen LogP contribution in [0.15, 0.2) is 29.3 Å². The molecule has 1 aliphatic carbocycles. The summed E-state index contributed by atoms with van der Waals surface area (Å²) in [5.74, 6) is 0.652. The Hall–Kier alpha value is -1.35. The molecule has 1 aliphatic heterocycles. The summed E-state index contributed by atoms with van der Waals surface area (Å²) in [7, 11) is 0. The molecular weight excluding hydrogens is 202 g/mol. The average Bonchev–Trinajstić information content (AvgIpc) is 2.61. The zero-order valence-electron chi connectivity index (χ0n) is 9.31. The van der Waals surface area contributed by atoms with Crippen LogP contribution in [0.2, 0.25) is 0 Å². The molecule has 0 bridgehead atoms. The van der Waals surface area contributed by atoms with Crippen molar-refractivity contribution < 1.29 is 9.84 Å². The van der Waals surface area contributed by atoms with Crippen molar-refractivity contribution in [3.63, 3.8) is 0 Å². The Kier molecular flexibility index (Phi) is 2.04. The Balaban J connectivity index is 2.19. The van der Waals surface area contributed by atoms with Crippen molar-refractivity contribution in [1.29, 1.82) is 0 Å². The van der Waals surface area contributed by atoms with E-state index in [1.54, 1.807) is 0 Å². The summed E-state index contributed by atoms with van der Waals surface area (Å²) in [4.78, 5) is 4.38. The molecule has 84 valence electrons. The quantitative estimate of drug-likeness (QED) is 0.725. The second-order valence-corrected chi connectivity index (χ2v) is 4.55. The van der Waals surface area contributed by atoms with Gasteiger partial charge in [-0.25, -0.2) is 4.99 Å². The first-order chi connectivity index (χ1) is 7.72. The van der Waals surface area contributed by atoms with Crippen LogP contribution in [0.1, 0.15) is 31.7 Å². The lowest BCUT2D eigenvalue weighted by molar-refractivity contribution is -0.0488. The van der Waals surface area contributed by atoms with Crippen LogP contribution in [0, 0.1) is 0 Å². The molecular formula is C13H15NO2. The van der Waals surface area contributed by atoms with Gasteiger partial charge in [-0.2, -0.15) is 0 Å². The van der Waals surface area contributed by atoms with E-state index in [9.17, 15) is 5.11 Å². The zero-order valence-corrected chi connectivity index (χ0v) is 9.31. The van der Waals surface area contributed by atoms with Crippen LogP contribution >= 0.6 is 0 Å². The highest BCUT2D eigenvalue weighted by Crippen LogP contribution is 2.48. The molecule has 16 heavy (non-hydrogen) atoms. The van der Waals surface area contributed by atoms with E-state index >= 15 is 0 Å². The molecule has 3 heteroatoms. The van der Waals surface area contributed by atoms with Crippen LogP contribution in [0.25, 0.3) is 0 Å². The van der Waals surface area contributed by atoms with Crippen LogP contribution in [-0.4, -0.2) is 17.1 Å². The topological polar surface area (TPSA) is 41.8 Å². The van der Waals surface area contributed by atoms with E-state index in [4.69, 9.17) is 4.74 Å². The van der Waals surface area contributed by atoms with Gasteiger partial charge in [-0.15, -0.1) is 0 Å². The van der Waals surface area contributed by atoms with Crippen molar-refractivity contribution in [2.45, 2.75) is 37.9 Å². The summed E-state index contributed by atoms with van der Waals surface area (Å²) in [5.41, 5.74) is 1.43. The molecule has 1 N–H and O–H groups in total. The Labute approximate surface area is 94.8 Å². The largest absolute Gasteiger partial charge is 0.467 e. The number of para-hydroxylation sites is 1. The first kappa shape index (κ1) is 9.85. The number of nitrogens with zero attached hydrogens (tertiary/aromatic N) is 1. The molecule has 0 saturated heterocycles. The minimum Gasteiger partial charge on any atom is -0.467 e. The first-order valence-corrected chi connectivity index (χ1v) is 5.74. The van der Waals surface area contributed by atoms with Gasteiger partial charge >= 0.3 is 0 Å². The molecule has 1 aromatic carbocycles. The van der Waals surface area contributed by atoms with E-state index in [0.29, 0.717) is 5.90 Å². The molecule has 0 unspecified atom stereocenters. The molecule has 2 aliphatic rings. The van der Waals surface area contributed by atoms with Crippen molar-refractivity contribution in [2.75, 3.05) is 0 Å². The number of rotatable bonds is 0. The zero-order chi connectivity index (χ0) is 11.2. The van der Waals surface area contributed by atoms with E-state index in [2.05, 4.69) is 4.99 Å². The third-order valence-electron chi connectivity index (χ3n) is 3.53. The maximum atomic E-state index is 10.2. The van der Waals surface area contributed by atoms with Crippen LogP contribution in [0.3, 0.4) is 0 Å². The number of aliphatic hydroxyl groups is 1. The number of hydrogen-bond donors (Lipinski definition) is 1. The molecule has 2 atom stereocenters. The van der Waals surface area contributed by atoms with Gasteiger partial charge in [0.2, 0.25) is 0 Å². The lowest BCUT2D eigenvalue weighted by Crippen LogP contribution is -2.40. The summed E-state index contributed by atoms with van der Waals surface area (Å²) in [6, 6.07) is 7.94. The van der Waals surface area contributed by atoms with Gasteiger partial charge in [0.05, 0.1) is 11.8 Å². The predicted octanol–water partition coefficient (Wildman–Crippen LogP) is 2.51. The van der Waals surface area contributed by atoms with E-state index < -0.39 is 11.7 Å². The second kappa shape index (κ2) is 3.32. The van der Waals surface area contributed by atoms with Gasteiger partial charge in [0.25, 0.3) is 0 Å². The van der Waals surface area contributed by atoms with E-state index in [1.165, 1.54) is 0 Å². The lowest BCUT2D eigenvalue weighted by Gasteiger charge is -2.37. The Bertz CT molecular complexity index is 455. The van der Waals surface area contributed by atoms with Crippen molar-refractivity contribution in [3.8, 4) is 0 Å². The molecule has 0 radical (unpaired) electrons. The van der Waals surface area contributed by atoms with Gasteiger partial charge in [0.15, 0.2) is 11.5 Å². The smallest absolute Gasteiger partial charge is 0.186 e. The second-order valence-electron chi connectivity index (χ2n) is 4.55. The van der Waals surface area contributed by atoms with Crippen molar-refractivity contribution in [2.24, 2.45) is 4.99 Å². The summed E-state index contributed by atoms with van der Waals surface area (Å²) >= 11 is 0. The Morgan fingerprint density at radius 3 is 3.00 bits per heavy atom. The molecule has 1 heterocycles. The fourth-order valence-corrected chi connectivity index (χ4v) is 2.83. The van der Waals surface area contributed by atoms with E-state index in [0.717, 1.165) is 30.5 Å². The van der Waals surface area contributed by atoms with Gasteiger partial charge in [-0.1, -0.05) is 18.2 Å². The third kappa shape index (κ3) is 1.21. The molecule has 1 fully saturated rings. The van der Waals surface area contributed by atoms with Crippen molar-refractivity contribution in [3.05, 3.63) is 29.8 Å². The van der Waals surface area contributed by atoms with Gasteiger partial charge < -0.3 is 9.84 Å². The number of aliphatic hydroxyl groups excluding tert-OH is 1. The molecule has 3 nitrogen and oxygen atoms in total. The summed E-state index contributed by atoms with van der Waals surface area (Å²) < 4.78 is 5.87. The summed E-state index contributed by atoms with van der Waals surface area (Å²) in [5, 5.41) is 10.2. The lowest BCUT2D eigenvalue weighted by atomic mass is 9.88. The third-order valence-corrected chi connectivity index (χ3v) is 3.53. The molecule has 3 rings (SSSR count). The molecule has 1 spiro atoms. The number of fused-ring (bicyclic) bond motifs is 2. The maximum absolute atomic E-state index is 10.2. The predicted molar refractivity (Wildman–Crippen MR) is 61.8 cm³/mol. The fraction of sp³-hybridized carbons (Fsp3) is 0.462. The number of benzene rings is 1. The van der Waals surface area contributed by atoms with Gasteiger partial charge in [0, 0.05) is 12.5 Å². The van der Waals surface area contributed by atoms with Gasteiger partial charge in [-0.3, -0.25) is 0 Å². The van der Waals surface area contributed by atoms with Crippen molar-refractivity contribution in [1.82, 2.24) is 0 Å². The van der Waals surface area contributed by atoms with E-state index in [1.807, 2.05) is 31.2 Å². The normalized spacial score (nSPS) is 32.1. The highest BCUT2D eigenvalue weighted by atomic mass is 16.5. The number of ether oxygens (including phenoxy) is 1. The average molecular weight is 217 g/mol. The van der Waals surface area contributed by atoms with Crippen LogP contribution in [-0.2, 0) is 10.3 Å². The number of hydrogen-bond acceptors (Lipinski definition) is 3. The minimum atomic E-state index is -0.539. The molecule has 0 amide bonds. The molecule has 0 aromatic heterocycles. The minimum absolute atomic E-state index is 0.418. The Morgan fingerprint density at radius 2 is 2.25 bits per heavy atom. The maximum Gasteiger partial charge on any atom is 0.186 e. The van der Waals surface area contributed by atoms with Crippen molar-refractivity contribution >= 4 is 11.6 Å². The van der Waals surface area contributed by atoms with E-state index in [-0.39, 0.29) is 0 Å². The standard InChI is InChI=1S/C13H15NO2/c1-9-14-11-6-3-2-5-10(11)13(16-9)8-4-7-12(13)15/h2-3,5-6,12,15H,4,7-8H2,1H3/t12-,13+/m1/s1. The van der Waals surface area contributed by atoms with Gasteiger partial charge in [0.1, 0.15) is 0 Å². The summed E-state index contributed by atoms with van der Waals surface area (Å²) in [6.07, 6.45) is 2.27. The highest BCUT2D eigenvalue weighted by molar-refractivity contribution is 5.80. The Morgan fingerprint density at radius 1 is 1.44 bits per heavy atom. The van der Waals surface area contributed by atoms with Crippen LogP contribution in [0.5, 0.6) is 0 Å².